The van der Waals surface area contributed by atoms with E-state index in [-0.39, 0.29) is 11.6 Å². The number of methoxy groups -OCH3 is 2. The summed E-state index contributed by atoms with van der Waals surface area (Å²) in [6, 6.07) is 8.71. The van der Waals surface area contributed by atoms with Crippen molar-refractivity contribution >= 4 is 23.0 Å². The Hall–Kier alpha value is -3.29. The molecule has 138 valence electrons. The molecule has 0 fully saturated rings. The van der Waals surface area contributed by atoms with Crippen molar-refractivity contribution in [2.45, 2.75) is 19.9 Å². The average Bonchev–Trinajstić information content (AvgIpc) is 2.63. The standard InChI is InChI=1S/C18H21N3O5/c1-11-9-16(25-3)17(26-4)10-15(11)19-12(2)18(22)20-13-5-7-14(8-6-13)21(23)24/h5-10,12,19H,1-4H3,(H,20,22). The van der Waals surface area contributed by atoms with Gasteiger partial charge in [-0.2, -0.15) is 0 Å². The minimum atomic E-state index is -0.540. The number of hydrogen-bond donors (Lipinski definition) is 2. The number of nitro benzene ring substituents is 1. The van der Waals surface area contributed by atoms with Gasteiger partial charge < -0.3 is 20.1 Å². The van der Waals surface area contributed by atoms with Gasteiger partial charge in [-0.05, 0) is 37.6 Å². The number of nitrogens with zero attached hydrogens (tertiary/aromatic N) is 1. The minimum Gasteiger partial charge on any atom is -0.493 e. The molecule has 0 radical (unpaired) electrons. The molecule has 2 rings (SSSR count). The molecule has 0 aliphatic rings. The van der Waals surface area contributed by atoms with Gasteiger partial charge in [-0.1, -0.05) is 0 Å². The summed E-state index contributed by atoms with van der Waals surface area (Å²) in [6.45, 7) is 3.61. The van der Waals surface area contributed by atoms with E-state index < -0.39 is 11.0 Å². The van der Waals surface area contributed by atoms with Crippen LogP contribution >= 0.6 is 0 Å². The van der Waals surface area contributed by atoms with Gasteiger partial charge in [0.1, 0.15) is 6.04 Å². The molecule has 0 aliphatic heterocycles. The summed E-state index contributed by atoms with van der Waals surface area (Å²) in [7, 11) is 3.10. The predicted octanol–water partition coefficient (Wildman–Crippen LogP) is 3.36. The van der Waals surface area contributed by atoms with E-state index >= 15 is 0 Å². The molecule has 2 N–H and O–H groups in total. The van der Waals surface area contributed by atoms with Crippen LogP contribution < -0.4 is 20.1 Å². The van der Waals surface area contributed by atoms with Crippen LogP contribution in [0.2, 0.25) is 0 Å². The number of aryl methyl sites for hydroxylation is 1. The van der Waals surface area contributed by atoms with Crippen molar-refractivity contribution in [3.63, 3.8) is 0 Å². The third kappa shape index (κ3) is 4.41. The molecule has 1 atom stereocenters. The quantitative estimate of drug-likeness (QED) is 0.580. The van der Waals surface area contributed by atoms with Crippen LogP contribution in [0.5, 0.6) is 11.5 Å². The van der Waals surface area contributed by atoms with Crippen LogP contribution in [-0.2, 0) is 4.79 Å². The molecular formula is C18H21N3O5. The Kier molecular flexibility index (Phi) is 6.00. The highest BCUT2D eigenvalue weighted by atomic mass is 16.6. The third-order valence-corrected chi connectivity index (χ3v) is 3.84. The Labute approximate surface area is 151 Å². The van der Waals surface area contributed by atoms with Crippen LogP contribution in [0.3, 0.4) is 0 Å². The van der Waals surface area contributed by atoms with Crippen molar-refractivity contribution < 1.29 is 19.2 Å². The number of anilines is 2. The van der Waals surface area contributed by atoms with Crippen LogP contribution in [0.15, 0.2) is 36.4 Å². The van der Waals surface area contributed by atoms with Crippen molar-refractivity contribution in [3.8, 4) is 11.5 Å². The lowest BCUT2D eigenvalue weighted by atomic mass is 10.1. The third-order valence-electron chi connectivity index (χ3n) is 3.84. The fourth-order valence-electron chi connectivity index (χ4n) is 2.35. The van der Waals surface area contributed by atoms with Crippen molar-refractivity contribution in [2.24, 2.45) is 0 Å². The summed E-state index contributed by atoms with van der Waals surface area (Å²) in [6.07, 6.45) is 0. The maximum Gasteiger partial charge on any atom is 0.269 e. The normalized spacial score (nSPS) is 11.4. The Morgan fingerprint density at radius 2 is 1.69 bits per heavy atom. The summed E-state index contributed by atoms with van der Waals surface area (Å²) in [5, 5.41) is 16.5. The first-order chi connectivity index (χ1) is 12.3. The first kappa shape index (κ1) is 19.0. The predicted molar refractivity (Wildman–Crippen MR) is 99.1 cm³/mol. The Morgan fingerprint density at radius 3 is 2.23 bits per heavy atom. The summed E-state index contributed by atoms with van der Waals surface area (Å²) in [5.41, 5.74) is 2.10. The van der Waals surface area contributed by atoms with E-state index in [9.17, 15) is 14.9 Å². The Morgan fingerprint density at radius 1 is 1.12 bits per heavy atom. The number of rotatable bonds is 7. The largest absolute Gasteiger partial charge is 0.493 e. The number of benzene rings is 2. The van der Waals surface area contributed by atoms with Gasteiger partial charge >= 0.3 is 0 Å². The molecule has 2 aromatic carbocycles. The molecular weight excluding hydrogens is 338 g/mol. The molecule has 0 aliphatic carbocycles. The second kappa shape index (κ2) is 8.19. The smallest absolute Gasteiger partial charge is 0.269 e. The Balaban J connectivity index is 2.08. The number of carbonyl (C=O) groups is 1. The molecule has 8 nitrogen and oxygen atoms in total. The van der Waals surface area contributed by atoms with Gasteiger partial charge in [0.2, 0.25) is 5.91 Å². The van der Waals surface area contributed by atoms with Crippen LogP contribution in [0, 0.1) is 17.0 Å². The summed E-state index contributed by atoms with van der Waals surface area (Å²) in [5.74, 6) is 0.898. The molecule has 26 heavy (non-hydrogen) atoms. The lowest BCUT2D eigenvalue weighted by Gasteiger charge is -2.19. The van der Waals surface area contributed by atoms with Gasteiger partial charge in [-0.25, -0.2) is 0 Å². The molecule has 0 saturated heterocycles. The maximum absolute atomic E-state index is 12.4. The SMILES string of the molecule is COc1cc(C)c(NC(C)C(=O)Nc2ccc([N+](=O)[O-])cc2)cc1OC. The maximum atomic E-state index is 12.4. The zero-order valence-electron chi connectivity index (χ0n) is 15.0. The van der Waals surface area contributed by atoms with Crippen LogP contribution in [0.1, 0.15) is 12.5 Å². The minimum absolute atomic E-state index is 0.0323. The number of nitrogens with one attached hydrogen (secondary N) is 2. The fourth-order valence-corrected chi connectivity index (χ4v) is 2.35. The molecule has 1 amide bonds. The number of amides is 1. The molecule has 2 aromatic rings. The number of non-ortho nitro benzene ring substituents is 1. The molecule has 8 heteroatoms. The zero-order valence-corrected chi connectivity index (χ0v) is 15.0. The second-order valence-corrected chi connectivity index (χ2v) is 5.68. The molecule has 0 heterocycles. The van der Waals surface area contributed by atoms with Gasteiger partial charge in [-0.15, -0.1) is 0 Å². The van der Waals surface area contributed by atoms with Crippen LogP contribution in [-0.4, -0.2) is 31.1 Å². The fraction of sp³-hybridized carbons (Fsp3) is 0.278. The first-order valence-corrected chi connectivity index (χ1v) is 7.90. The highest BCUT2D eigenvalue weighted by molar-refractivity contribution is 5.96. The number of hydrogen-bond acceptors (Lipinski definition) is 6. The highest BCUT2D eigenvalue weighted by Crippen LogP contribution is 2.33. The van der Waals surface area contributed by atoms with E-state index in [0.717, 1.165) is 11.3 Å². The number of nitro groups is 1. The van der Waals surface area contributed by atoms with Gasteiger partial charge in [0.15, 0.2) is 11.5 Å². The first-order valence-electron chi connectivity index (χ1n) is 7.90. The van der Waals surface area contributed by atoms with E-state index in [2.05, 4.69) is 10.6 Å². The number of carbonyl (C=O) groups excluding carboxylic acids is 1. The molecule has 1 unspecified atom stereocenters. The van der Waals surface area contributed by atoms with E-state index in [1.165, 1.54) is 24.3 Å². The molecule has 0 bridgehead atoms. The van der Waals surface area contributed by atoms with Gasteiger partial charge in [0.05, 0.1) is 19.1 Å². The van der Waals surface area contributed by atoms with Crippen LogP contribution in [0.25, 0.3) is 0 Å². The van der Waals surface area contributed by atoms with E-state index in [4.69, 9.17) is 9.47 Å². The van der Waals surface area contributed by atoms with Gasteiger partial charge in [0.25, 0.3) is 5.69 Å². The monoisotopic (exact) mass is 359 g/mol. The lowest BCUT2D eigenvalue weighted by Crippen LogP contribution is -2.32. The van der Waals surface area contributed by atoms with E-state index in [1.54, 1.807) is 27.2 Å². The van der Waals surface area contributed by atoms with Crippen molar-refractivity contribution in [1.82, 2.24) is 0 Å². The zero-order chi connectivity index (χ0) is 19.3. The van der Waals surface area contributed by atoms with E-state index in [0.29, 0.717) is 17.2 Å². The molecule has 0 spiro atoms. The number of ether oxygens (including phenoxy) is 2. The molecule has 0 saturated carbocycles. The van der Waals surface area contributed by atoms with Crippen LogP contribution in [0.4, 0.5) is 17.1 Å². The van der Waals surface area contributed by atoms with Gasteiger partial charge in [-0.3, -0.25) is 14.9 Å². The Bertz CT molecular complexity index is 805. The van der Waals surface area contributed by atoms with Crippen molar-refractivity contribution in [1.29, 1.82) is 0 Å². The van der Waals surface area contributed by atoms with Gasteiger partial charge in [0, 0.05) is 29.6 Å². The molecule has 0 aromatic heterocycles. The highest BCUT2D eigenvalue weighted by Gasteiger charge is 2.16. The topological polar surface area (TPSA) is 103 Å². The van der Waals surface area contributed by atoms with E-state index in [1.807, 2.05) is 13.0 Å². The summed E-state index contributed by atoms with van der Waals surface area (Å²) >= 11 is 0. The average molecular weight is 359 g/mol. The summed E-state index contributed by atoms with van der Waals surface area (Å²) in [4.78, 5) is 22.5. The second-order valence-electron chi connectivity index (χ2n) is 5.68. The summed E-state index contributed by atoms with van der Waals surface area (Å²) < 4.78 is 10.5. The van der Waals surface area contributed by atoms with Crippen molar-refractivity contribution in [3.05, 3.63) is 52.1 Å². The van der Waals surface area contributed by atoms with Crippen molar-refractivity contribution in [2.75, 3.05) is 24.9 Å². The lowest BCUT2D eigenvalue weighted by molar-refractivity contribution is -0.384.